The smallest absolute Gasteiger partial charge is 0.340 e. The second-order valence-electron chi connectivity index (χ2n) is 12.1. The number of aromatic nitrogens is 1. The molecule has 1 aliphatic heterocycles. The number of fused-ring (bicyclic) bond motifs is 1. The van der Waals surface area contributed by atoms with E-state index in [-0.39, 0.29) is 24.0 Å². The van der Waals surface area contributed by atoms with Gasteiger partial charge < -0.3 is 23.7 Å². The molecule has 2 heterocycles. The Bertz CT molecular complexity index is 1350. The number of carbonyl (C=O) groups excluding carboxylic acids is 4. The standard InChI is InChI=1S/C32H37NO9/c1-19-13-14-25(39-20(2)34)31(18-38-28(36)22-10-7-6-8-11-22)27(41-29(37)23-12-9-15-33-17-23)26(40-21(3)35)24-16-32(19,31)42-30(24,4)5/h6-12,15,17,19,24-27H,13-14,16,18H2,1-5H3/t19-,24+,25+,26+,27-,31+,32+/m1/s1. The SMILES string of the molecule is CC(=O)O[C@@H]1[C@@H](OC(=O)c2cccnc2)[C@]2(COC(=O)c3ccccc3)[C@@H](OC(C)=O)CC[C@@H](C)[C@@]23C[C@@H]1C(C)(C)O3. The second kappa shape index (κ2) is 11.1. The second-order valence-corrected chi connectivity index (χ2v) is 12.1. The van der Waals surface area contributed by atoms with Gasteiger partial charge >= 0.3 is 23.9 Å². The van der Waals surface area contributed by atoms with Gasteiger partial charge in [-0.25, -0.2) is 9.59 Å². The van der Waals surface area contributed by atoms with Gasteiger partial charge in [0, 0.05) is 32.2 Å². The highest BCUT2D eigenvalue weighted by atomic mass is 16.6. The molecule has 2 bridgehead atoms. The van der Waals surface area contributed by atoms with Crippen molar-refractivity contribution in [1.82, 2.24) is 4.98 Å². The first kappa shape index (κ1) is 29.7. The quantitative estimate of drug-likeness (QED) is 0.346. The van der Waals surface area contributed by atoms with Crippen LogP contribution in [0.25, 0.3) is 0 Å². The van der Waals surface area contributed by atoms with Crippen LogP contribution in [0.15, 0.2) is 54.9 Å². The van der Waals surface area contributed by atoms with Crippen LogP contribution in [0.5, 0.6) is 0 Å². The van der Waals surface area contributed by atoms with Crippen LogP contribution in [0, 0.1) is 17.3 Å². The Morgan fingerprint density at radius 1 is 0.905 bits per heavy atom. The molecule has 3 fully saturated rings. The molecule has 224 valence electrons. The summed E-state index contributed by atoms with van der Waals surface area (Å²) < 4.78 is 31.3. The molecule has 2 aromatic rings. The van der Waals surface area contributed by atoms with Crippen LogP contribution >= 0.6 is 0 Å². The van der Waals surface area contributed by atoms with Crippen molar-refractivity contribution >= 4 is 23.9 Å². The topological polar surface area (TPSA) is 127 Å². The van der Waals surface area contributed by atoms with Crippen molar-refractivity contribution in [2.75, 3.05) is 6.61 Å². The maximum atomic E-state index is 13.7. The molecule has 10 nitrogen and oxygen atoms in total. The van der Waals surface area contributed by atoms with Gasteiger partial charge in [-0.2, -0.15) is 0 Å². The minimum absolute atomic E-state index is 0.109. The predicted molar refractivity (Wildman–Crippen MR) is 148 cm³/mol. The van der Waals surface area contributed by atoms with Crippen molar-refractivity contribution in [1.29, 1.82) is 0 Å². The lowest BCUT2D eigenvalue weighted by Crippen LogP contribution is -2.74. The Labute approximate surface area is 245 Å². The third kappa shape index (κ3) is 4.95. The number of nitrogens with zero attached hydrogens (tertiary/aromatic N) is 1. The van der Waals surface area contributed by atoms with Crippen LogP contribution in [0.2, 0.25) is 0 Å². The minimum Gasteiger partial charge on any atom is -0.462 e. The Hall–Kier alpha value is -3.79. The Morgan fingerprint density at radius 2 is 1.60 bits per heavy atom. The van der Waals surface area contributed by atoms with E-state index in [1.54, 1.807) is 42.5 Å². The zero-order chi connectivity index (χ0) is 30.3. The van der Waals surface area contributed by atoms with Crippen LogP contribution in [-0.4, -0.2) is 65.0 Å². The summed E-state index contributed by atoms with van der Waals surface area (Å²) >= 11 is 0. The van der Waals surface area contributed by atoms with Gasteiger partial charge in [-0.15, -0.1) is 0 Å². The lowest BCUT2D eigenvalue weighted by atomic mass is 9.49. The predicted octanol–water partition coefficient (Wildman–Crippen LogP) is 4.31. The molecule has 1 spiro atoms. The first-order valence-electron chi connectivity index (χ1n) is 14.3. The van der Waals surface area contributed by atoms with Crippen molar-refractivity contribution in [3.05, 3.63) is 66.0 Å². The molecule has 10 heteroatoms. The fourth-order valence-corrected chi connectivity index (χ4v) is 7.49. The molecule has 1 aromatic carbocycles. The van der Waals surface area contributed by atoms with Gasteiger partial charge in [0.15, 0.2) is 6.10 Å². The van der Waals surface area contributed by atoms with Crippen molar-refractivity contribution < 1.29 is 42.9 Å². The van der Waals surface area contributed by atoms with Gasteiger partial charge in [0.1, 0.15) is 24.2 Å². The van der Waals surface area contributed by atoms with E-state index in [4.69, 9.17) is 23.7 Å². The molecular weight excluding hydrogens is 542 g/mol. The summed E-state index contributed by atoms with van der Waals surface area (Å²) in [5.74, 6) is -2.89. The number of esters is 4. The molecule has 0 amide bonds. The summed E-state index contributed by atoms with van der Waals surface area (Å²) in [6.45, 7) is 8.16. The lowest BCUT2D eigenvalue weighted by Gasteiger charge is -2.61. The van der Waals surface area contributed by atoms with Gasteiger partial charge in [-0.1, -0.05) is 25.1 Å². The van der Waals surface area contributed by atoms with Crippen molar-refractivity contribution in [2.45, 2.75) is 83.4 Å². The number of rotatable bonds is 7. The van der Waals surface area contributed by atoms with Crippen molar-refractivity contribution in [2.24, 2.45) is 17.3 Å². The van der Waals surface area contributed by atoms with Crippen LogP contribution in [0.1, 0.15) is 74.6 Å². The highest BCUT2D eigenvalue weighted by Gasteiger charge is 2.79. The van der Waals surface area contributed by atoms with Gasteiger partial charge in [-0.05, 0) is 63.3 Å². The molecule has 1 aromatic heterocycles. The molecule has 0 radical (unpaired) electrons. The molecule has 0 unspecified atom stereocenters. The van der Waals surface area contributed by atoms with E-state index >= 15 is 0 Å². The number of hydrogen-bond acceptors (Lipinski definition) is 10. The zero-order valence-electron chi connectivity index (χ0n) is 24.5. The van der Waals surface area contributed by atoms with Gasteiger partial charge in [0.05, 0.1) is 22.3 Å². The van der Waals surface area contributed by atoms with Crippen molar-refractivity contribution in [3.8, 4) is 0 Å². The van der Waals surface area contributed by atoms with Crippen LogP contribution in [0.3, 0.4) is 0 Å². The molecule has 3 aliphatic rings. The maximum Gasteiger partial charge on any atom is 0.340 e. The zero-order valence-corrected chi connectivity index (χ0v) is 24.5. The number of carbonyl (C=O) groups is 4. The third-order valence-corrected chi connectivity index (χ3v) is 9.28. The minimum atomic E-state index is -1.41. The normalized spacial score (nSPS) is 32.6. The Morgan fingerprint density at radius 3 is 2.24 bits per heavy atom. The van der Waals surface area contributed by atoms with E-state index in [2.05, 4.69) is 4.98 Å². The fourth-order valence-electron chi connectivity index (χ4n) is 7.49. The fraction of sp³-hybridized carbons (Fsp3) is 0.531. The average molecular weight is 580 g/mol. The van der Waals surface area contributed by atoms with E-state index in [0.717, 1.165) is 0 Å². The summed E-state index contributed by atoms with van der Waals surface area (Å²) in [6, 6.07) is 11.7. The van der Waals surface area contributed by atoms with E-state index in [0.29, 0.717) is 24.8 Å². The van der Waals surface area contributed by atoms with E-state index in [9.17, 15) is 19.2 Å². The van der Waals surface area contributed by atoms with Crippen LogP contribution in [-0.2, 0) is 33.3 Å². The van der Waals surface area contributed by atoms with E-state index in [1.165, 1.54) is 26.2 Å². The number of hydrogen-bond donors (Lipinski definition) is 0. The summed E-state index contributed by atoms with van der Waals surface area (Å²) in [4.78, 5) is 56.1. The van der Waals surface area contributed by atoms with Gasteiger partial charge in [0.2, 0.25) is 0 Å². The molecule has 5 rings (SSSR count). The summed E-state index contributed by atoms with van der Waals surface area (Å²) in [5, 5.41) is 0. The van der Waals surface area contributed by atoms with Gasteiger partial charge in [0.25, 0.3) is 0 Å². The third-order valence-electron chi connectivity index (χ3n) is 9.28. The summed E-state index contributed by atoms with van der Waals surface area (Å²) in [7, 11) is 0. The maximum absolute atomic E-state index is 13.7. The average Bonchev–Trinajstić information content (AvgIpc) is 3.22. The highest BCUT2D eigenvalue weighted by Crippen LogP contribution is 2.67. The number of ether oxygens (including phenoxy) is 5. The molecule has 2 saturated carbocycles. The molecule has 42 heavy (non-hydrogen) atoms. The van der Waals surface area contributed by atoms with E-state index < -0.39 is 58.8 Å². The van der Waals surface area contributed by atoms with Crippen LogP contribution < -0.4 is 0 Å². The molecular formula is C32H37NO9. The van der Waals surface area contributed by atoms with Crippen LogP contribution in [0.4, 0.5) is 0 Å². The molecule has 1 saturated heterocycles. The first-order chi connectivity index (χ1) is 19.9. The van der Waals surface area contributed by atoms with E-state index in [1.807, 2.05) is 20.8 Å². The monoisotopic (exact) mass is 579 g/mol. The lowest BCUT2D eigenvalue weighted by molar-refractivity contribution is -0.286. The highest BCUT2D eigenvalue weighted by molar-refractivity contribution is 5.90. The summed E-state index contributed by atoms with van der Waals surface area (Å²) in [5.41, 5.74) is -2.76. The van der Waals surface area contributed by atoms with Crippen molar-refractivity contribution in [3.63, 3.8) is 0 Å². The molecule has 7 atom stereocenters. The summed E-state index contributed by atoms with van der Waals surface area (Å²) in [6.07, 6.45) is 1.33. The molecule has 0 N–H and O–H groups in total. The number of benzene rings is 1. The first-order valence-corrected chi connectivity index (χ1v) is 14.3. The Kier molecular flexibility index (Phi) is 7.87. The van der Waals surface area contributed by atoms with Gasteiger partial charge in [-0.3, -0.25) is 14.6 Å². The molecule has 2 aliphatic carbocycles. The Balaban J connectivity index is 1.70. The number of pyridine rings is 1. The largest absolute Gasteiger partial charge is 0.462 e.